The number of carbonyl (C=O) groups is 1. The second kappa shape index (κ2) is 12.0. The van der Waals surface area contributed by atoms with Crippen molar-refractivity contribution in [2.24, 2.45) is 0 Å². The molecule has 0 radical (unpaired) electrons. The van der Waals surface area contributed by atoms with Crippen LogP contribution in [0.3, 0.4) is 0 Å². The van der Waals surface area contributed by atoms with Crippen molar-refractivity contribution in [3.8, 4) is 22.4 Å². The number of rotatable bonds is 10. The highest BCUT2D eigenvalue weighted by Crippen LogP contribution is 2.31. The van der Waals surface area contributed by atoms with E-state index < -0.39 is 0 Å². The normalized spacial score (nSPS) is 10.4. The van der Waals surface area contributed by atoms with Gasteiger partial charge in [-0.25, -0.2) is 0 Å². The molecule has 0 spiro atoms. The molecule has 1 heterocycles. The Morgan fingerprint density at radius 1 is 0.931 bits per heavy atom. The highest BCUT2D eigenvalue weighted by atomic mass is 35.5. The van der Waals surface area contributed by atoms with E-state index in [0.717, 1.165) is 35.3 Å². The molecule has 0 unspecified atom stereocenters. The van der Waals surface area contributed by atoms with Gasteiger partial charge in [0.25, 0.3) is 0 Å². The first-order valence-corrected chi connectivity index (χ1v) is 9.54. The third kappa shape index (κ3) is 6.42. The van der Waals surface area contributed by atoms with Crippen LogP contribution in [0.15, 0.2) is 66.9 Å². The van der Waals surface area contributed by atoms with Gasteiger partial charge in [0, 0.05) is 24.2 Å². The molecule has 6 nitrogen and oxygen atoms in total. The monoisotopic (exact) mass is 414 g/mol. The van der Waals surface area contributed by atoms with Crippen LogP contribution in [0.4, 0.5) is 0 Å². The Morgan fingerprint density at radius 2 is 1.59 bits per heavy atom. The number of hydrogen-bond donors (Lipinski definition) is 3. The van der Waals surface area contributed by atoms with Gasteiger partial charge in [0.1, 0.15) is 6.54 Å². The molecule has 7 heteroatoms. The quantitative estimate of drug-likeness (QED) is 0.446. The van der Waals surface area contributed by atoms with Crippen LogP contribution in [0.2, 0.25) is 0 Å². The summed E-state index contributed by atoms with van der Waals surface area (Å²) in [5, 5.41) is 19.3. The summed E-state index contributed by atoms with van der Waals surface area (Å²) in [5.74, 6) is -0.0675. The summed E-state index contributed by atoms with van der Waals surface area (Å²) in [7, 11) is 0. The van der Waals surface area contributed by atoms with Gasteiger partial charge in [-0.2, -0.15) is 5.10 Å². The summed E-state index contributed by atoms with van der Waals surface area (Å²) in [6.45, 7) is 2.21. The van der Waals surface area contributed by atoms with Gasteiger partial charge in [0.05, 0.1) is 18.5 Å². The minimum absolute atomic E-state index is 0. The molecule has 0 fully saturated rings. The molecule has 0 aliphatic rings. The van der Waals surface area contributed by atoms with Gasteiger partial charge in [-0.15, -0.1) is 12.4 Å². The van der Waals surface area contributed by atoms with Crippen LogP contribution < -0.4 is 10.6 Å². The molecule has 2 aromatic carbocycles. The Labute approximate surface area is 177 Å². The van der Waals surface area contributed by atoms with Crippen molar-refractivity contribution >= 4 is 18.3 Å². The SMILES string of the molecule is Cl.O=C(Cn1ncc(-c2ccccc2)c1-c1ccccc1)NCCCNCCO. The number of aliphatic hydroxyl groups excluding tert-OH is 1. The molecule has 3 rings (SSSR count). The molecule has 1 amide bonds. The number of nitrogens with zero attached hydrogens (tertiary/aromatic N) is 2. The van der Waals surface area contributed by atoms with Crippen molar-refractivity contribution in [1.29, 1.82) is 0 Å². The van der Waals surface area contributed by atoms with Gasteiger partial charge in [0.2, 0.25) is 5.91 Å². The van der Waals surface area contributed by atoms with E-state index in [9.17, 15) is 4.79 Å². The third-order valence-corrected chi connectivity index (χ3v) is 4.41. The van der Waals surface area contributed by atoms with Gasteiger partial charge >= 0.3 is 0 Å². The molecule has 0 atom stereocenters. The summed E-state index contributed by atoms with van der Waals surface area (Å²) in [4.78, 5) is 12.4. The van der Waals surface area contributed by atoms with Gasteiger partial charge in [-0.05, 0) is 18.5 Å². The van der Waals surface area contributed by atoms with E-state index in [4.69, 9.17) is 5.11 Å². The standard InChI is InChI=1S/C22H26N4O2.ClH/c27-15-14-23-12-7-13-24-21(28)17-26-22(19-10-5-2-6-11-19)20(16-25-26)18-8-3-1-4-9-18;/h1-6,8-11,16,23,27H,7,12-15,17H2,(H,24,28);1H. The van der Waals surface area contributed by atoms with Crippen LogP contribution >= 0.6 is 12.4 Å². The molecule has 3 aromatic rings. The van der Waals surface area contributed by atoms with Crippen molar-refractivity contribution in [3.05, 3.63) is 66.9 Å². The van der Waals surface area contributed by atoms with Crippen molar-refractivity contribution in [3.63, 3.8) is 0 Å². The first kappa shape index (κ1) is 22.6. The summed E-state index contributed by atoms with van der Waals surface area (Å²) in [6.07, 6.45) is 2.63. The Bertz CT molecular complexity index is 869. The molecule has 0 saturated carbocycles. The first-order valence-electron chi connectivity index (χ1n) is 9.54. The zero-order chi connectivity index (χ0) is 19.6. The van der Waals surface area contributed by atoms with Crippen molar-refractivity contribution in [2.75, 3.05) is 26.2 Å². The topological polar surface area (TPSA) is 79.2 Å². The number of carbonyl (C=O) groups excluding carboxylic acids is 1. The molecule has 0 aliphatic carbocycles. The lowest BCUT2D eigenvalue weighted by atomic mass is 10.0. The Morgan fingerprint density at radius 3 is 2.24 bits per heavy atom. The van der Waals surface area contributed by atoms with Crippen LogP contribution in [0, 0.1) is 0 Å². The maximum absolute atomic E-state index is 12.4. The molecule has 154 valence electrons. The van der Waals surface area contributed by atoms with Crippen LogP contribution in [0.5, 0.6) is 0 Å². The fourth-order valence-corrected chi connectivity index (χ4v) is 3.07. The lowest BCUT2D eigenvalue weighted by molar-refractivity contribution is -0.121. The maximum Gasteiger partial charge on any atom is 0.241 e. The van der Waals surface area contributed by atoms with Crippen molar-refractivity contribution < 1.29 is 9.90 Å². The number of hydrogen-bond acceptors (Lipinski definition) is 4. The number of aliphatic hydroxyl groups is 1. The number of halogens is 1. The highest BCUT2D eigenvalue weighted by molar-refractivity contribution is 5.85. The van der Waals surface area contributed by atoms with Crippen molar-refractivity contribution in [1.82, 2.24) is 20.4 Å². The lowest BCUT2D eigenvalue weighted by Crippen LogP contribution is -2.31. The molecule has 0 aliphatic heterocycles. The third-order valence-electron chi connectivity index (χ3n) is 4.41. The molecule has 1 aromatic heterocycles. The summed E-state index contributed by atoms with van der Waals surface area (Å²) >= 11 is 0. The second-order valence-corrected chi connectivity index (χ2v) is 6.47. The van der Waals surface area contributed by atoms with Crippen LogP contribution in [-0.2, 0) is 11.3 Å². The Balaban J connectivity index is 0.00000300. The van der Waals surface area contributed by atoms with Crippen molar-refractivity contribution in [2.45, 2.75) is 13.0 Å². The summed E-state index contributed by atoms with van der Waals surface area (Å²) in [5.41, 5.74) is 4.04. The van der Waals surface area contributed by atoms with Gasteiger partial charge in [-0.1, -0.05) is 60.7 Å². The first-order chi connectivity index (χ1) is 13.8. The highest BCUT2D eigenvalue weighted by Gasteiger charge is 2.16. The van der Waals surface area contributed by atoms with E-state index in [1.165, 1.54) is 0 Å². The lowest BCUT2D eigenvalue weighted by Gasteiger charge is -2.11. The maximum atomic E-state index is 12.4. The average molecular weight is 415 g/mol. The number of nitrogens with one attached hydrogen (secondary N) is 2. The second-order valence-electron chi connectivity index (χ2n) is 6.47. The fourth-order valence-electron chi connectivity index (χ4n) is 3.07. The minimum atomic E-state index is -0.0675. The predicted octanol–water partition coefficient (Wildman–Crippen LogP) is 2.73. The van der Waals surface area contributed by atoms with Gasteiger partial charge in [0.15, 0.2) is 0 Å². The molecular weight excluding hydrogens is 388 g/mol. The van der Waals surface area contributed by atoms with E-state index in [-0.39, 0.29) is 31.5 Å². The molecular formula is C22H27ClN4O2. The Kier molecular flexibility index (Phi) is 9.37. The van der Waals surface area contributed by atoms with E-state index in [1.807, 2.05) is 66.9 Å². The molecule has 0 saturated heterocycles. The molecule has 29 heavy (non-hydrogen) atoms. The molecule has 0 bridgehead atoms. The smallest absolute Gasteiger partial charge is 0.241 e. The number of aromatic nitrogens is 2. The fraction of sp³-hybridized carbons (Fsp3) is 0.273. The van der Waals surface area contributed by atoms with E-state index >= 15 is 0 Å². The Hall–Kier alpha value is -2.67. The zero-order valence-corrected chi connectivity index (χ0v) is 17.1. The van der Waals surface area contributed by atoms with Crippen LogP contribution in [0.25, 0.3) is 22.4 Å². The van der Waals surface area contributed by atoms with Crippen LogP contribution in [-0.4, -0.2) is 47.0 Å². The van der Waals surface area contributed by atoms with Crippen LogP contribution in [0.1, 0.15) is 6.42 Å². The van der Waals surface area contributed by atoms with Gasteiger partial charge in [-0.3, -0.25) is 9.48 Å². The summed E-state index contributed by atoms with van der Waals surface area (Å²) in [6, 6.07) is 20.1. The van der Waals surface area contributed by atoms with E-state index in [0.29, 0.717) is 13.1 Å². The number of amides is 1. The zero-order valence-electron chi connectivity index (χ0n) is 16.3. The predicted molar refractivity (Wildman–Crippen MR) is 118 cm³/mol. The van der Waals surface area contributed by atoms with E-state index in [1.54, 1.807) is 4.68 Å². The van der Waals surface area contributed by atoms with Gasteiger partial charge < -0.3 is 15.7 Å². The number of benzene rings is 2. The molecule has 3 N–H and O–H groups in total. The largest absolute Gasteiger partial charge is 0.395 e. The van der Waals surface area contributed by atoms with E-state index in [2.05, 4.69) is 15.7 Å². The average Bonchev–Trinajstić information content (AvgIpc) is 3.15. The minimum Gasteiger partial charge on any atom is -0.395 e. The summed E-state index contributed by atoms with van der Waals surface area (Å²) < 4.78 is 1.76.